The van der Waals surface area contributed by atoms with Gasteiger partial charge in [0.15, 0.2) is 0 Å². The van der Waals surface area contributed by atoms with Gasteiger partial charge in [-0.2, -0.15) is 0 Å². The molecule has 0 aromatic rings. The molecule has 1 heterocycles. The Kier molecular flexibility index (Phi) is 5.17. The maximum absolute atomic E-state index is 11.3. The van der Waals surface area contributed by atoms with Crippen LogP contribution in [0, 0.1) is 0 Å². The minimum Gasteiger partial charge on any atom is -0.318 e. The van der Waals surface area contributed by atoms with Gasteiger partial charge in [0.1, 0.15) is 0 Å². The van der Waals surface area contributed by atoms with Gasteiger partial charge in [-0.05, 0) is 26.9 Å². The van der Waals surface area contributed by atoms with Gasteiger partial charge in [0.2, 0.25) is 10.0 Å². The summed E-state index contributed by atoms with van der Waals surface area (Å²) in [7, 11) is 1.06. The van der Waals surface area contributed by atoms with Crippen LogP contribution in [-0.4, -0.2) is 70.2 Å². The third-order valence-corrected chi connectivity index (χ3v) is 4.53. The number of piperidine rings is 1. The Balaban J connectivity index is 2.37. The third kappa shape index (κ3) is 4.01. The Hall–Kier alpha value is -0.170. The molecule has 0 unspecified atom stereocenters. The van der Waals surface area contributed by atoms with Crippen molar-refractivity contribution in [3.63, 3.8) is 0 Å². The Morgan fingerprint density at radius 1 is 1.38 bits per heavy atom. The summed E-state index contributed by atoms with van der Waals surface area (Å²) in [4.78, 5) is 2.32. The molecule has 0 aliphatic carbocycles. The van der Waals surface area contributed by atoms with E-state index in [1.54, 1.807) is 4.31 Å². The molecule has 0 saturated carbocycles. The normalized spacial score (nSPS) is 20.5. The molecule has 0 atom stereocenters. The van der Waals surface area contributed by atoms with E-state index in [0.717, 1.165) is 25.9 Å². The highest BCUT2D eigenvalue weighted by atomic mass is 32.2. The number of nitrogens with one attached hydrogen (secondary N) is 1. The van der Waals surface area contributed by atoms with Gasteiger partial charge >= 0.3 is 0 Å². The number of likely N-dealkylation sites (N-methyl/N-ethyl adjacent to an activating group) is 2. The van der Waals surface area contributed by atoms with Crippen molar-refractivity contribution < 1.29 is 8.42 Å². The van der Waals surface area contributed by atoms with Gasteiger partial charge in [-0.1, -0.05) is 0 Å². The molecule has 0 amide bonds. The highest BCUT2D eigenvalue weighted by molar-refractivity contribution is 7.88. The average molecular weight is 249 g/mol. The fourth-order valence-electron chi connectivity index (χ4n) is 2.09. The van der Waals surface area contributed by atoms with Gasteiger partial charge in [0, 0.05) is 32.2 Å². The summed E-state index contributed by atoms with van der Waals surface area (Å²) in [5.74, 6) is 0. The van der Waals surface area contributed by atoms with Crippen LogP contribution in [0.5, 0.6) is 0 Å². The fraction of sp³-hybridized carbons (Fsp3) is 1.00. The molecule has 6 heteroatoms. The summed E-state index contributed by atoms with van der Waals surface area (Å²) in [6, 6.07) is 0.520. The molecule has 0 aromatic carbocycles. The first-order valence-electron chi connectivity index (χ1n) is 5.75. The first-order valence-corrected chi connectivity index (χ1v) is 7.60. The van der Waals surface area contributed by atoms with Gasteiger partial charge in [0.25, 0.3) is 0 Å². The topological polar surface area (TPSA) is 52.6 Å². The van der Waals surface area contributed by atoms with Gasteiger partial charge in [-0.15, -0.1) is 0 Å². The molecule has 0 radical (unpaired) electrons. The van der Waals surface area contributed by atoms with Crippen LogP contribution in [0.15, 0.2) is 0 Å². The summed E-state index contributed by atoms with van der Waals surface area (Å²) in [5.41, 5.74) is 0. The van der Waals surface area contributed by atoms with E-state index < -0.39 is 10.0 Å². The lowest BCUT2D eigenvalue weighted by Crippen LogP contribution is -2.46. The lowest BCUT2D eigenvalue weighted by molar-refractivity contribution is 0.170. The van der Waals surface area contributed by atoms with Crippen molar-refractivity contribution in [2.24, 2.45) is 0 Å². The molecule has 0 aromatic heterocycles. The Bertz CT molecular complexity index is 297. The van der Waals surface area contributed by atoms with Crippen molar-refractivity contribution in [3.05, 3.63) is 0 Å². The van der Waals surface area contributed by atoms with Crippen LogP contribution in [0.1, 0.15) is 12.8 Å². The fourth-order valence-corrected chi connectivity index (χ4v) is 2.96. The van der Waals surface area contributed by atoms with E-state index >= 15 is 0 Å². The summed E-state index contributed by atoms with van der Waals surface area (Å²) in [5, 5.41) is 3.12. The summed E-state index contributed by atoms with van der Waals surface area (Å²) in [6.45, 7) is 3.31. The second kappa shape index (κ2) is 5.95. The minimum absolute atomic E-state index is 0.520. The van der Waals surface area contributed by atoms with Crippen molar-refractivity contribution >= 4 is 10.0 Å². The zero-order valence-corrected chi connectivity index (χ0v) is 11.3. The molecule has 1 aliphatic rings. The first-order chi connectivity index (χ1) is 7.45. The number of hydrogen-bond acceptors (Lipinski definition) is 4. The van der Waals surface area contributed by atoms with Crippen molar-refractivity contribution in [3.8, 4) is 0 Å². The summed E-state index contributed by atoms with van der Waals surface area (Å²) < 4.78 is 24.3. The second-order valence-corrected chi connectivity index (χ2v) is 6.46. The van der Waals surface area contributed by atoms with Crippen molar-refractivity contribution in [2.75, 3.05) is 46.5 Å². The Labute approximate surface area is 98.8 Å². The van der Waals surface area contributed by atoms with Crippen LogP contribution in [-0.2, 0) is 10.0 Å². The van der Waals surface area contributed by atoms with E-state index in [9.17, 15) is 8.42 Å². The Morgan fingerprint density at radius 2 is 1.94 bits per heavy atom. The lowest BCUT2D eigenvalue weighted by atomic mass is 10.1. The van der Waals surface area contributed by atoms with Crippen LogP contribution in [0.2, 0.25) is 0 Å². The molecule has 1 saturated heterocycles. The van der Waals surface area contributed by atoms with Crippen molar-refractivity contribution in [1.29, 1.82) is 0 Å². The zero-order valence-electron chi connectivity index (χ0n) is 10.4. The van der Waals surface area contributed by atoms with E-state index in [1.807, 2.05) is 7.05 Å². The van der Waals surface area contributed by atoms with Crippen LogP contribution in [0.25, 0.3) is 0 Å². The van der Waals surface area contributed by atoms with Crippen LogP contribution in [0.4, 0.5) is 0 Å². The van der Waals surface area contributed by atoms with Crippen molar-refractivity contribution in [1.82, 2.24) is 14.5 Å². The van der Waals surface area contributed by atoms with E-state index in [2.05, 4.69) is 17.3 Å². The molecule has 0 spiro atoms. The average Bonchev–Trinajstić information content (AvgIpc) is 2.25. The predicted molar refractivity (Wildman–Crippen MR) is 66.0 cm³/mol. The number of nitrogens with zero attached hydrogens (tertiary/aromatic N) is 2. The summed E-state index contributed by atoms with van der Waals surface area (Å²) in [6.07, 6.45) is 3.17. The maximum atomic E-state index is 11.3. The third-order valence-electron chi connectivity index (χ3n) is 3.23. The summed E-state index contributed by atoms with van der Waals surface area (Å²) >= 11 is 0. The largest absolute Gasteiger partial charge is 0.318 e. The zero-order chi connectivity index (χ0) is 12.2. The number of hydrogen-bond donors (Lipinski definition) is 1. The molecule has 1 N–H and O–H groups in total. The predicted octanol–water partition coefficient (Wildman–Crippen LogP) is -0.438. The molecular formula is C10H23N3O2S. The molecule has 1 rings (SSSR count). The van der Waals surface area contributed by atoms with Crippen LogP contribution >= 0.6 is 0 Å². The molecule has 16 heavy (non-hydrogen) atoms. The number of rotatable bonds is 5. The molecule has 96 valence electrons. The lowest BCUT2D eigenvalue weighted by Gasteiger charge is -2.35. The maximum Gasteiger partial charge on any atom is 0.211 e. The van der Waals surface area contributed by atoms with Crippen LogP contribution in [0.3, 0.4) is 0 Å². The quantitative estimate of drug-likeness (QED) is 0.718. The Morgan fingerprint density at radius 3 is 2.38 bits per heavy atom. The van der Waals surface area contributed by atoms with Gasteiger partial charge in [0.05, 0.1) is 6.26 Å². The van der Waals surface area contributed by atoms with E-state index in [1.165, 1.54) is 6.26 Å². The highest BCUT2D eigenvalue weighted by Gasteiger charge is 2.26. The van der Waals surface area contributed by atoms with E-state index in [0.29, 0.717) is 19.1 Å². The minimum atomic E-state index is -2.99. The van der Waals surface area contributed by atoms with E-state index in [-0.39, 0.29) is 0 Å². The monoisotopic (exact) mass is 249 g/mol. The molecule has 0 bridgehead atoms. The van der Waals surface area contributed by atoms with Crippen LogP contribution < -0.4 is 5.32 Å². The first kappa shape index (κ1) is 13.9. The van der Waals surface area contributed by atoms with E-state index in [4.69, 9.17) is 0 Å². The van der Waals surface area contributed by atoms with Gasteiger partial charge in [-0.3, -0.25) is 0 Å². The molecular weight excluding hydrogens is 226 g/mol. The second-order valence-electron chi connectivity index (χ2n) is 4.48. The van der Waals surface area contributed by atoms with Gasteiger partial charge in [-0.25, -0.2) is 12.7 Å². The standard InChI is InChI=1S/C10H23N3O2S/c1-11-6-9-12(2)10-4-7-13(8-5-10)16(3,14)15/h10-11H,4-9H2,1-3H3. The molecule has 1 aliphatic heterocycles. The van der Waals surface area contributed by atoms with Crippen molar-refractivity contribution in [2.45, 2.75) is 18.9 Å². The molecule has 1 fully saturated rings. The smallest absolute Gasteiger partial charge is 0.211 e. The van der Waals surface area contributed by atoms with Gasteiger partial charge < -0.3 is 10.2 Å². The highest BCUT2D eigenvalue weighted by Crippen LogP contribution is 2.16. The SMILES string of the molecule is CNCCN(C)C1CCN(S(C)(=O)=O)CC1. The number of sulfonamides is 1. The molecule has 5 nitrogen and oxygen atoms in total.